The molecule has 0 radical (unpaired) electrons. The Kier molecular flexibility index (Phi) is 1.72. The number of aromatic nitrogens is 2. The summed E-state index contributed by atoms with van der Waals surface area (Å²) in [5.41, 5.74) is 0.292. The highest BCUT2D eigenvalue weighted by Gasteiger charge is 2.14. The first kappa shape index (κ1) is 7.46. The second-order valence-corrected chi connectivity index (χ2v) is 2.03. The third-order valence-electron chi connectivity index (χ3n) is 1.23. The van der Waals surface area contributed by atoms with Gasteiger partial charge in [0.15, 0.2) is 5.69 Å². The van der Waals surface area contributed by atoms with Gasteiger partial charge in [0.05, 0.1) is 4.92 Å². The highest BCUT2D eigenvalue weighted by Crippen LogP contribution is 2.16. The molecule has 0 N–H and O–H groups in total. The van der Waals surface area contributed by atoms with Crippen molar-refractivity contribution in [3.63, 3.8) is 0 Å². The van der Waals surface area contributed by atoms with Crippen molar-refractivity contribution >= 4 is 11.8 Å². The van der Waals surface area contributed by atoms with Crippen LogP contribution in [-0.4, -0.2) is 14.7 Å². The van der Waals surface area contributed by atoms with Crippen LogP contribution in [0.4, 0.5) is 5.69 Å². The van der Waals surface area contributed by atoms with Crippen molar-refractivity contribution in [2.24, 2.45) is 7.05 Å². The van der Waals surface area contributed by atoms with Crippen molar-refractivity contribution in [3.05, 3.63) is 28.6 Å². The van der Waals surface area contributed by atoms with Crippen molar-refractivity contribution < 1.29 is 4.92 Å². The van der Waals surface area contributed by atoms with Crippen LogP contribution < -0.4 is 0 Å². The fraction of sp³-hybridized carbons (Fsp3) is 0.167. The largest absolute Gasteiger partial charge is 0.314 e. The first-order valence-electron chi connectivity index (χ1n) is 2.95. The maximum Gasteiger partial charge on any atom is 0.314 e. The summed E-state index contributed by atoms with van der Waals surface area (Å²) in [6.07, 6.45) is 2.70. The van der Waals surface area contributed by atoms with Gasteiger partial charge in [0.2, 0.25) is 0 Å². The number of aryl methyl sites for hydroxylation is 1. The quantitative estimate of drug-likeness (QED) is 0.469. The monoisotopic (exact) mass is 153 g/mol. The molecule has 0 atom stereocenters. The summed E-state index contributed by atoms with van der Waals surface area (Å²) in [6.45, 7) is 3.41. The van der Waals surface area contributed by atoms with Crippen LogP contribution in [0.2, 0.25) is 0 Å². The molecule has 0 aliphatic heterocycles. The Bertz CT molecular complexity index is 303. The molecule has 5 nitrogen and oxygen atoms in total. The highest BCUT2D eigenvalue weighted by molar-refractivity contribution is 5.53. The Morgan fingerprint density at radius 2 is 2.55 bits per heavy atom. The van der Waals surface area contributed by atoms with E-state index in [0.717, 1.165) is 0 Å². The molecule has 0 amide bonds. The van der Waals surface area contributed by atoms with Crippen LogP contribution in [0.15, 0.2) is 12.8 Å². The molecule has 1 heterocycles. The van der Waals surface area contributed by atoms with Crippen molar-refractivity contribution in [3.8, 4) is 0 Å². The third-order valence-corrected chi connectivity index (χ3v) is 1.23. The van der Waals surface area contributed by atoms with Crippen LogP contribution in [0.25, 0.3) is 6.08 Å². The lowest BCUT2D eigenvalue weighted by Crippen LogP contribution is -1.87. The lowest BCUT2D eigenvalue weighted by molar-refractivity contribution is -0.385. The second kappa shape index (κ2) is 2.53. The van der Waals surface area contributed by atoms with E-state index in [2.05, 4.69) is 11.7 Å². The summed E-state index contributed by atoms with van der Waals surface area (Å²) in [5, 5.41) is 14.1. The van der Waals surface area contributed by atoms with Gasteiger partial charge in [-0.2, -0.15) is 5.10 Å². The normalized spacial score (nSPS) is 9.55. The van der Waals surface area contributed by atoms with Gasteiger partial charge in [-0.05, 0) is 6.08 Å². The van der Waals surface area contributed by atoms with Crippen LogP contribution in [0.3, 0.4) is 0 Å². The van der Waals surface area contributed by atoms with E-state index in [1.54, 1.807) is 7.05 Å². The SMILES string of the molecule is C=Cc1nn(C)cc1[N+](=O)[O-]. The summed E-state index contributed by atoms with van der Waals surface area (Å²) in [4.78, 5) is 9.82. The van der Waals surface area contributed by atoms with Crippen molar-refractivity contribution in [2.45, 2.75) is 0 Å². The predicted octanol–water partition coefficient (Wildman–Crippen LogP) is 0.971. The standard InChI is InChI=1S/C6H7N3O2/c1-3-5-6(9(10)11)4-8(2)7-5/h3-4H,1H2,2H3. The molecular weight excluding hydrogens is 146 g/mol. The molecule has 0 spiro atoms. The van der Waals surface area contributed by atoms with Crippen LogP contribution in [-0.2, 0) is 7.05 Å². The average molecular weight is 153 g/mol. The Balaban J connectivity index is 3.22. The first-order chi connectivity index (χ1) is 5.15. The summed E-state index contributed by atoms with van der Waals surface area (Å²) in [7, 11) is 1.62. The van der Waals surface area contributed by atoms with Crippen LogP contribution in [0.1, 0.15) is 5.69 Å². The smallest absolute Gasteiger partial charge is 0.268 e. The van der Waals surface area contributed by atoms with E-state index in [9.17, 15) is 10.1 Å². The molecule has 0 saturated heterocycles. The molecule has 1 aromatic heterocycles. The maximum absolute atomic E-state index is 10.3. The van der Waals surface area contributed by atoms with E-state index in [4.69, 9.17) is 0 Å². The number of rotatable bonds is 2. The van der Waals surface area contributed by atoms with E-state index < -0.39 is 4.92 Å². The Morgan fingerprint density at radius 3 is 2.91 bits per heavy atom. The van der Waals surface area contributed by atoms with Gasteiger partial charge < -0.3 is 0 Å². The first-order valence-corrected chi connectivity index (χ1v) is 2.95. The average Bonchev–Trinajstić information content (AvgIpc) is 2.30. The van der Waals surface area contributed by atoms with Gasteiger partial charge in [0.1, 0.15) is 6.20 Å². The van der Waals surface area contributed by atoms with Crippen LogP contribution in [0, 0.1) is 10.1 Å². The molecule has 58 valence electrons. The third kappa shape index (κ3) is 1.26. The topological polar surface area (TPSA) is 61.0 Å². The van der Waals surface area contributed by atoms with Crippen LogP contribution in [0.5, 0.6) is 0 Å². The fourth-order valence-corrected chi connectivity index (χ4v) is 0.779. The Hall–Kier alpha value is -1.65. The zero-order chi connectivity index (χ0) is 8.43. The van der Waals surface area contributed by atoms with E-state index >= 15 is 0 Å². The molecule has 0 aromatic carbocycles. The van der Waals surface area contributed by atoms with Crippen molar-refractivity contribution in [1.82, 2.24) is 9.78 Å². The molecule has 0 bridgehead atoms. The lowest BCUT2D eigenvalue weighted by Gasteiger charge is -1.82. The van der Waals surface area contributed by atoms with Gasteiger partial charge in [0, 0.05) is 7.05 Å². The Labute approximate surface area is 63.1 Å². The number of nitro groups is 1. The number of nitrogens with zero attached hydrogens (tertiary/aromatic N) is 3. The minimum Gasteiger partial charge on any atom is -0.268 e. The molecule has 1 rings (SSSR count). The highest BCUT2D eigenvalue weighted by atomic mass is 16.6. The summed E-state index contributed by atoms with van der Waals surface area (Å²) < 4.78 is 1.38. The van der Waals surface area contributed by atoms with E-state index in [1.165, 1.54) is 17.0 Å². The molecule has 0 aliphatic rings. The van der Waals surface area contributed by atoms with Gasteiger partial charge in [0.25, 0.3) is 0 Å². The molecule has 0 fully saturated rings. The second-order valence-electron chi connectivity index (χ2n) is 2.03. The van der Waals surface area contributed by atoms with E-state index in [0.29, 0.717) is 5.69 Å². The van der Waals surface area contributed by atoms with Crippen LogP contribution >= 0.6 is 0 Å². The van der Waals surface area contributed by atoms with Gasteiger partial charge in [-0.25, -0.2) is 0 Å². The zero-order valence-electron chi connectivity index (χ0n) is 6.02. The minimum atomic E-state index is -0.482. The summed E-state index contributed by atoms with van der Waals surface area (Å²) in [5.74, 6) is 0. The molecule has 0 saturated carbocycles. The predicted molar refractivity (Wildman–Crippen MR) is 40.0 cm³/mol. The van der Waals surface area contributed by atoms with Crippen molar-refractivity contribution in [2.75, 3.05) is 0 Å². The zero-order valence-corrected chi connectivity index (χ0v) is 6.02. The van der Waals surface area contributed by atoms with E-state index in [1.807, 2.05) is 0 Å². The maximum atomic E-state index is 10.3. The lowest BCUT2D eigenvalue weighted by atomic mass is 10.4. The molecule has 5 heteroatoms. The molecule has 0 unspecified atom stereocenters. The summed E-state index contributed by atoms with van der Waals surface area (Å²) in [6, 6.07) is 0. The van der Waals surface area contributed by atoms with Gasteiger partial charge in [-0.1, -0.05) is 6.58 Å². The van der Waals surface area contributed by atoms with Gasteiger partial charge in [-0.15, -0.1) is 0 Å². The molecule has 1 aromatic rings. The fourth-order valence-electron chi connectivity index (χ4n) is 0.779. The molecule has 11 heavy (non-hydrogen) atoms. The number of hydrogen-bond donors (Lipinski definition) is 0. The van der Waals surface area contributed by atoms with Gasteiger partial charge in [-0.3, -0.25) is 14.8 Å². The van der Waals surface area contributed by atoms with Gasteiger partial charge >= 0.3 is 5.69 Å². The molecular formula is C6H7N3O2. The number of hydrogen-bond acceptors (Lipinski definition) is 3. The Morgan fingerprint density at radius 1 is 1.91 bits per heavy atom. The minimum absolute atomic E-state index is 0.0116. The molecule has 0 aliphatic carbocycles. The van der Waals surface area contributed by atoms with E-state index in [-0.39, 0.29) is 5.69 Å². The van der Waals surface area contributed by atoms with Crippen molar-refractivity contribution in [1.29, 1.82) is 0 Å². The summed E-state index contributed by atoms with van der Waals surface area (Å²) >= 11 is 0.